The lowest BCUT2D eigenvalue weighted by molar-refractivity contribution is 0.0998. The fraction of sp³-hybridized carbons (Fsp3) is 0.118. The van der Waals surface area contributed by atoms with Gasteiger partial charge < -0.3 is 23.9 Å². The maximum atomic E-state index is 12.4. The van der Waals surface area contributed by atoms with Crippen LogP contribution in [0.1, 0.15) is 10.6 Å². The molecule has 6 nitrogen and oxygen atoms in total. The Morgan fingerprint density at radius 3 is 2.87 bits per heavy atom. The number of nitrogens with one attached hydrogen (secondary N) is 1. The van der Waals surface area contributed by atoms with E-state index in [0.717, 1.165) is 5.39 Å². The van der Waals surface area contributed by atoms with Crippen molar-refractivity contribution in [2.45, 2.75) is 0 Å². The van der Waals surface area contributed by atoms with E-state index in [1.54, 1.807) is 37.4 Å². The first-order chi connectivity index (χ1) is 11.2. The van der Waals surface area contributed by atoms with Crippen molar-refractivity contribution in [2.24, 2.45) is 0 Å². The zero-order valence-electron chi connectivity index (χ0n) is 12.3. The summed E-state index contributed by atoms with van der Waals surface area (Å²) in [5, 5.41) is 3.58. The predicted octanol–water partition coefficient (Wildman–Crippen LogP) is 3.42. The zero-order chi connectivity index (χ0) is 15.8. The molecule has 0 unspecified atom stereocenters. The summed E-state index contributed by atoms with van der Waals surface area (Å²) < 4.78 is 21.4. The smallest absolute Gasteiger partial charge is 0.291 e. The number of carbonyl (C=O) groups excluding carboxylic acids is 1. The van der Waals surface area contributed by atoms with Crippen LogP contribution in [0.3, 0.4) is 0 Å². The summed E-state index contributed by atoms with van der Waals surface area (Å²) in [6, 6.07) is 12.4. The average Bonchev–Trinajstić information content (AvgIpc) is 3.20. The van der Waals surface area contributed by atoms with E-state index in [-0.39, 0.29) is 18.5 Å². The lowest BCUT2D eigenvalue weighted by Gasteiger charge is -2.04. The number of methoxy groups -OCH3 is 1. The van der Waals surface area contributed by atoms with E-state index < -0.39 is 0 Å². The normalized spacial score (nSPS) is 12.4. The first kappa shape index (κ1) is 13.5. The van der Waals surface area contributed by atoms with Gasteiger partial charge in [0.2, 0.25) is 6.79 Å². The number of anilines is 1. The Morgan fingerprint density at radius 2 is 2.00 bits per heavy atom. The van der Waals surface area contributed by atoms with Crippen molar-refractivity contribution in [3.8, 4) is 17.2 Å². The van der Waals surface area contributed by atoms with Crippen LogP contribution in [-0.4, -0.2) is 19.8 Å². The van der Waals surface area contributed by atoms with Crippen LogP contribution in [0.15, 0.2) is 46.9 Å². The molecule has 0 radical (unpaired) electrons. The number of furan rings is 1. The second-order valence-electron chi connectivity index (χ2n) is 5.01. The van der Waals surface area contributed by atoms with Gasteiger partial charge >= 0.3 is 0 Å². The third-order valence-electron chi connectivity index (χ3n) is 3.58. The summed E-state index contributed by atoms with van der Waals surface area (Å²) in [6.45, 7) is 0.191. The molecular formula is C17H13NO5. The molecule has 1 N–H and O–H groups in total. The molecule has 0 fully saturated rings. The number of carbonyl (C=O) groups is 1. The number of rotatable bonds is 3. The van der Waals surface area contributed by atoms with Crippen LogP contribution in [-0.2, 0) is 0 Å². The third kappa shape index (κ3) is 2.34. The molecule has 23 heavy (non-hydrogen) atoms. The van der Waals surface area contributed by atoms with E-state index in [1.807, 2.05) is 12.1 Å². The summed E-state index contributed by atoms with van der Waals surface area (Å²) in [7, 11) is 1.56. The molecule has 4 rings (SSSR count). The number of fused-ring (bicyclic) bond motifs is 2. The first-order valence-electron chi connectivity index (χ1n) is 7.02. The molecule has 1 aliphatic heterocycles. The summed E-state index contributed by atoms with van der Waals surface area (Å²) in [6.07, 6.45) is 0. The van der Waals surface area contributed by atoms with Crippen molar-refractivity contribution in [1.82, 2.24) is 0 Å². The Balaban J connectivity index is 1.62. The third-order valence-corrected chi connectivity index (χ3v) is 3.58. The highest BCUT2D eigenvalue weighted by atomic mass is 16.7. The molecule has 0 saturated heterocycles. The van der Waals surface area contributed by atoms with E-state index in [9.17, 15) is 4.79 Å². The number of ether oxygens (including phenoxy) is 3. The van der Waals surface area contributed by atoms with Crippen LogP contribution in [0.5, 0.6) is 17.2 Å². The van der Waals surface area contributed by atoms with Gasteiger partial charge in [0.1, 0.15) is 0 Å². The fourth-order valence-electron chi connectivity index (χ4n) is 2.48. The molecule has 0 aliphatic carbocycles. The summed E-state index contributed by atoms with van der Waals surface area (Å²) in [4.78, 5) is 12.4. The van der Waals surface area contributed by atoms with Crippen LogP contribution in [0.2, 0.25) is 0 Å². The molecule has 2 heterocycles. The molecule has 0 atom stereocenters. The number of hydrogen-bond acceptors (Lipinski definition) is 5. The minimum absolute atomic E-state index is 0.191. The van der Waals surface area contributed by atoms with Crippen molar-refractivity contribution in [1.29, 1.82) is 0 Å². The molecule has 1 aliphatic rings. The second kappa shape index (κ2) is 5.24. The van der Waals surface area contributed by atoms with Crippen LogP contribution in [0.25, 0.3) is 11.0 Å². The van der Waals surface area contributed by atoms with Gasteiger partial charge in [-0.2, -0.15) is 0 Å². The topological polar surface area (TPSA) is 69.9 Å². The molecule has 1 aromatic heterocycles. The highest BCUT2D eigenvalue weighted by molar-refractivity contribution is 6.05. The second-order valence-corrected chi connectivity index (χ2v) is 5.01. The number of para-hydroxylation sites is 1. The van der Waals surface area contributed by atoms with Gasteiger partial charge in [0.05, 0.1) is 7.11 Å². The SMILES string of the molecule is COc1cccc2cc(C(=O)Nc3ccc4c(c3)OCO4)oc12. The van der Waals surface area contributed by atoms with E-state index in [2.05, 4.69) is 5.32 Å². The molecule has 3 aromatic rings. The minimum Gasteiger partial charge on any atom is -0.493 e. The number of amides is 1. The van der Waals surface area contributed by atoms with Crippen molar-refractivity contribution < 1.29 is 23.4 Å². The van der Waals surface area contributed by atoms with E-state index >= 15 is 0 Å². The van der Waals surface area contributed by atoms with Crippen LogP contribution in [0, 0.1) is 0 Å². The van der Waals surface area contributed by atoms with Gasteiger partial charge in [0.25, 0.3) is 5.91 Å². The number of benzene rings is 2. The van der Waals surface area contributed by atoms with Gasteiger partial charge in [0.15, 0.2) is 28.6 Å². The predicted molar refractivity (Wildman–Crippen MR) is 83.3 cm³/mol. The maximum Gasteiger partial charge on any atom is 0.291 e. The molecule has 0 bridgehead atoms. The highest BCUT2D eigenvalue weighted by Gasteiger charge is 2.17. The van der Waals surface area contributed by atoms with Gasteiger partial charge in [-0.1, -0.05) is 12.1 Å². The Bertz CT molecular complexity index is 899. The van der Waals surface area contributed by atoms with E-state index in [1.165, 1.54) is 0 Å². The molecule has 0 spiro atoms. The molecule has 1 amide bonds. The Morgan fingerprint density at radius 1 is 1.13 bits per heavy atom. The zero-order valence-corrected chi connectivity index (χ0v) is 12.3. The molecular weight excluding hydrogens is 298 g/mol. The standard InChI is InChI=1S/C17H13NO5/c1-20-13-4-2-3-10-7-15(23-16(10)13)17(19)18-11-5-6-12-14(8-11)22-9-21-12/h2-8H,9H2,1H3,(H,18,19). The van der Waals surface area contributed by atoms with Crippen molar-refractivity contribution >= 4 is 22.6 Å². The molecule has 0 saturated carbocycles. The van der Waals surface area contributed by atoms with Crippen molar-refractivity contribution in [3.63, 3.8) is 0 Å². The summed E-state index contributed by atoms with van der Waals surface area (Å²) in [5.74, 6) is 1.72. The van der Waals surface area contributed by atoms with Gasteiger partial charge in [-0.25, -0.2) is 0 Å². The van der Waals surface area contributed by atoms with E-state index in [4.69, 9.17) is 18.6 Å². The maximum absolute atomic E-state index is 12.4. The Hall–Kier alpha value is -3.15. The molecule has 2 aromatic carbocycles. The highest BCUT2D eigenvalue weighted by Crippen LogP contribution is 2.34. The lowest BCUT2D eigenvalue weighted by Crippen LogP contribution is -2.10. The van der Waals surface area contributed by atoms with Crippen molar-refractivity contribution in [2.75, 3.05) is 19.2 Å². The van der Waals surface area contributed by atoms with Crippen LogP contribution in [0.4, 0.5) is 5.69 Å². The summed E-state index contributed by atoms with van der Waals surface area (Å²) in [5.41, 5.74) is 1.15. The summed E-state index contributed by atoms with van der Waals surface area (Å²) >= 11 is 0. The number of hydrogen-bond donors (Lipinski definition) is 1. The fourth-order valence-corrected chi connectivity index (χ4v) is 2.48. The van der Waals surface area contributed by atoms with E-state index in [0.29, 0.717) is 28.5 Å². The lowest BCUT2D eigenvalue weighted by atomic mass is 10.2. The Labute approximate surface area is 131 Å². The van der Waals surface area contributed by atoms with Crippen molar-refractivity contribution in [3.05, 3.63) is 48.2 Å². The average molecular weight is 311 g/mol. The first-order valence-corrected chi connectivity index (χ1v) is 7.02. The molecule has 116 valence electrons. The monoisotopic (exact) mass is 311 g/mol. The van der Waals surface area contributed by atoms with Gasteiger partial charge in [-0.15, -0.1) is 0 Å². The quantitative estimate of drug-likeness (QED) is 0.802. The minimum atomic E-state index is -0.345. The van der Waals surface area contributed by atoms with Gasteiger partial charge in [-0.3, -0.25) is 4.79 Å². The molecule has 6 heteroatoms. The van der Waals surface area contributed by atoms with Gasteiger partial charge in [0, 0.05) is 17.1 Å². The van der Waals surface area contributed by atoms with Crippen LogP contribution < -0.4 is 19.5 Å². The van der Waals surface area contributed by atoms with Gasteiger partial charge in [-0.05, 0) is 24.3 Å². The van der Waals surface area contributed by atoms with Crippen LogP contribution >= 0.6 is 0 Å². The Kier molecular flexibility index (Phi) is 3.08. The largest absolute Gasteiger partial charge is 0.493 e.